The summed E-state index contributed by atoms with van der Waals surface area (Å²) < 4.78 is 22.0. The molecule has 1 N–H and O–H groups in total. The normalized spacial score (nSPS) is 26.9. The van der Waals surface area contributed by atoms with Gasteiger partial charge in [0.1, 0.15) is 9.84 Å². The van der Waals surface area contributed by atoms with Gasteiger partial charge in [-0.25, -0.2) is 8.42 Å². The van der Waals surface area contributed by atoms with E-state index in [1.54, 1.807) is 0 Å². The van der Waals surface area contributed by atoms with Crippen molar-refractivity contribution >= 4 is 9.84 Å². The number of rotatable bonds is 6. The van der Waals surface area contributed by atoms with Crippen LogP contribution in [0.25, 0.3) is 0 Å². The molecule has 1 aliphatic rings. The molecule has 0 heterocycles. The van der Waals surface area contributed by atoms with Crippen molar-refractivity contribution in [3.05, 3.63) is 0 Å². The fourth-order valence-electron chi connectivity index (χ4n) is 2.63. The Morgan fingerprint density at radius 2 is 1.56 bits per heavy atom. The molecular weight excluding hydrogens is 224 g/mol. The molecule has 0 atom stereocenters. The van der Waals surface area contributed by atoms with E-state index in [1.165, 1.54) is 31.9 Å². The van der Waals surface area contributed by atoms with Crippen molar-refractivity contribution < 1.29 is 13.5 Å². The van der Waals surface area contributed by atoms with Gasteiger partial charge in [-0.05, 0) is 31.1 Å². The van der Waals surface area contributed by atoms with Crippen LogP contribution in [0.2, 0.25) is 0 Å². The summed E-state index contributed by atoms with van der Waals surface area (Å²) in [6.45, 7) is 0.309. The zero-order valence-corrected chi connectivity index (χ0v) is 11.0. The summed E-state index contributed by atoms with van der Waals surface area (Å²) in [5.74, 6) is 1.76. The Hall–Kier alpha value is -0.0900. The van der Waals surface area contributed by atoms with Crippen molar-refractivity contribution in [3.8, 4) is 0 Å². The van der Waals surface area contributed by atoms with Crippen LogP contribution in [0.5, 0.6) is 0 Å². The van der Waals surface area contributed by atoms with Crippen LogP contribution in [0.1, 0.15) is 44.9 Å². The maximum absolute atomic E-state index is 11.0. The average Bonchev–Trinajstić information content (AvgIpc) is 2.19. The molecule has 0 aromatic rings. The van der Waals surface area contributed by atoms with Gasteiger partial charge in [-0.2, -0.15) is 0 Å². The van der Waals surface area contributed by atoms with E-state index in [-0.39, 0.29) is 0 Å². The van der Waals surface area contributed by atoms with Crippen molar-refractivity contribution in [1.82, 2.24) is 0 Å². The van der Waals surface area contributed by atoms with Crippen LogP contribution < -0.4 is 0 Å². The molecule has 1 saturated carbocycles. The van der Waals surface area contributed by atoms with Gasteiger partial charge in [-0.3, -0.25) is 0 Å². The molecule has 16 heavy (non-hydrogen) atoms. The lowest BCUT2D eigenvalue weighted by Gasteiger charge is -2.28. The lowest BCUT2D eigenvalue weighted by molar-refractivity contribution is 0.201. The van der Waals surface area contributed by atoms with Crippen molar-refractivity contribution in [2.45, 2.75) is 44.9 Å². The molecule has 0 radical (unpaired) electrons. The first-order valence-electron chi connectivity index (χ1n) is 6.30. The molecule has 0 bridgehead atoms. The second-order valence-electron chi connectivity index (χ2n) is 5.17. The van der Waals surface area contributed by atoms with Gasteiger partial charge >= 0.3 is 0 Å². The fraction of sp³-hybridized carbons (Fsp3) is 1.00. The van der Waals surface area contributed by atoms with Crippen LogP contribution in [-0.4, -0.2) is 32.1 Å². The number of hydrogen-bond donors (Lipinski definition) is 1. The predicted molar refractivity (Wildman–Crippen MR) is 66.1 cm³/mol. The van der Waals surface area contributed by atoms with Gasteiger partial charge in [-0.1, -0.05) is 25.7 Å². The molecular formula is C12H24O3S. The molecule has 0 amide bonds. The average molecular weight is 248 g/mol. The third kappa shape index (κ3) is 5.85. The summed E-state index contributed by atoms with van der Waals surface area (Å²) in [6, 6.07) is 0. The highest BCUT2D eigenvalue weighted by atomic mass is 32.2. The van der Waals surface area contributed by atoms with Gasteiger partial charge in [0.05, 0.1) is 0 Å². The lowest BCUT2D eigenvalue weighted by Crippen LogP contribution is -2.16. The Morgan fingerprint density at radius 3 is 2.00 bits per heavy atom. The number of sulfone groups is 1. The molecule has 0 aromatic carbocycles. The van der Waals surface area contributed by atoms with Crippen LogP contribution in [0, 0.1) is 11.8 Å². The third-order valence-electron chi connectivity index (χ3n) is 3.63. The van der Waals surface area contributed by atoms with E-state index in [9.17, 15) is 8.42 Å². The van der Waals surface area contributed by atoms with Gasteiger partial charge in [0, 0.05) is 18.6 Å². The highest BCUT2D eigenvalue weighted by molar-refractivity contribution is 7.90. The van der Waals surface area contributed by atoms with Crippen LogP contribution in [0.15, 0.2) is 0 Å². The predicted octanol–water partition coefficient (Wildman–Crippen LogP) is 2.00. The zero-order valence-electron chi connectivity index (χ0n) is 10.2. The molecule has 0 spiro atoms. The summed E-state index contributed by atoms with van der Waals surface area (Å²) in [5.41, 5.74) is 0. The quantitative estimate of drug-likeness (QED) is 0.782. The Balaban J connectivity index is 2.13. The molecule has 3 nitrogen and oxygen atoms in total. The van der Waals surface area contributed by atoms with Crippen LogP contribution in [-0.2, 0) is 9.84 Å². The van der Waals surface area contributed by atoms with Crippen molar-refractivity contribution in [3.63, 3.8) is 0 Å². The summed E-state index contributed by atoms with van der Waals surface area (Å²) in [5, 5.41) is 8.85. The van der Waals surface area contributed by atoms with E-state index < -0.39 is 9.84 Å². The summed E-state index contributed by atoms with van der Waals surface area (Å²) in [7, 11) is -2.78. The minimum Gasteiger partial charge on any atom is -0.396 e. The number of hydrogen-bond acceptors (Lipinski definition) is 3. The second kappa shape index (κ2) is 6.60. The van der Waals surface area contributed by atoms with Crippen molar-refractivity contribution in [1.29, 1.82) is 0 Å². The summed E-state index contributed by atoms with van der Waals surface area (Å²) >= 11 is 0. The molecule has 0 aliphatic heterocycles. The smallest absolute Gasteiger partial charge is 0.147 e. The Labute approximate surface area is 99.2 Å². The first-order valence-corrected chi connectivity index (χ1v) is 8.36. The maximum Gasteiger partial charge on any atom is 0.147 e. The van der Waals surface area contributed by atoms with Crippen molar-refractivity contribution in [2.75, 3.05) is 18.6 Å². The molecule has 96 valence electrons. The second-order valence-corrected chi connectivity index (χ2v) is 7.43. The Morgan fingerprint density at radius 1 is 1.06 bits per heavy atom. The monoisotopic (exact) mass is 248 g/mol. The largest absolute Gasteiger partial charge is 0.396 e. The molecule has 0 unspecified atom stereocenters. The highest BCUT2D eigenvalue weighted by Crippen LogP contribution is 2.32. The van der Waals surface area contributed by atoms with E-state index in [2.05, 4.69) is 0 Å². The molecule has 0 aromatic heterocycles. The molecule has 1 rings (SSSR count). The summed E-state index contributed by atoms with van der Waals surface area (Å²) in [6.07, 6.45) is 8.98. The number of aliphatic hydroxyl groups is 1. The highest BCUT2D eigenvalue weighted by Gasteiger charge is 2.20. The van der Waals surface area contributed by atoms with Gasteiger partial charge in [0.25, 0.3) is 0 Å². The molecule has 4 heteroatoms. The molecule has 0 saturated heterocycles. The first kappa shape index (κ1) is 14.0. The van der Waals surface area contributed by atoms with E-state index in [0.717, 1.165) is 25.2 Å². The van der Waals surface area contributed by atoms with E-state index in [1.807, 2.05) is 0 Å². The minimum atomic E-state index is -2.78. The Bertz CT molecular complexity index is 277. The Kier molecular flexibility index (Phi) is 5.76. The standard InChI is InChI=1S/C12H24O3S/c1-16(14,15)10-2-3-11-4-6-12(7-5-11)8-9-13/h11-13H,2-10H2,1H3. The first-order chi connectivity index (χ1) is 7.51. The van der Waals surface area contributed by atoms with E-state index >= 15 is 0 Å². The number of aliphatic hydroxyl groups excluding tert-OH is 1. The zero-order chi connectivity index (χ0) is 12.0. The minimum absolute atomic E-state index is 0.309. The topological polar surface area (TPSA) is 54.4 Å². The van der Waals surface area contributed by atoms with E-state index in [4.69, 9.17) is 5.11 Å². The van der Waals surface area contributed by atoms with Gasteiger partial charge in [0.15, 0.2) is 0 Å². The maximum atomic E-state index is 11.0. The van der Waals surface area contributed by atoms with Gasteiger partial charge in [-0.15, -0.1) is 0 Å². The SMILES string of the molecule is CS(=O)(=O)CCCC1CCC(CCO)CC1. The van der Waals surface area contributed by atoms with Crippen molar-refractivity contribution in [2.24, 2.45) is 11.8 Å². The molecule has 1 aliphatic carbocycles. The van der Waals surface area contributed by atoms with Crippen LogP contribution in [0.3, 0.4) is 0 Å². The summed E-state index contributed by atoms with van der Waals surface area (Å²) in [4.78, 5) is 0. The van der Waals surface area contributed by atoms with Crippen LogP contribution >= 0.6 is 0 Å². The van der Waals surface area contributed by atoms with Crippen LogP contribution in [0.4, 0.5) is 0 Å². The third-order valence-corrected chi connectivity index (χ3v) is 4.66. The fourth-order valence-corrected chi connectivity index (χ4v) is 3.32. The van der Waals surface area contributed by atoms with Gasteiger partial charge in [0.2, 0.25) is 0 Å². The van der Waals surface area contributed by atoms with Gasteiger partial charge < -0.3 is 5.11 Å². The molecule has 1 fully saturated rings. The lowest BCUT2D eigenvalue weighted by atomic mass is 9.79. The van der Waals surface area contributed by atoms with E-state index in [0.29, 0.717) is 18.3 Å².